The van der Waals surface area contributed by atoms with Gasteiger partial charge in [-0.05, 0) is 0 Å². The van der Waals surface area contributed by atoms with E-state index in [4.69, 9.17) is 22.9 Å². The number of hydrogen-bond donors (Lipinski definition) is 8. The van der Waals surface area contributed by atoms with Crippen LogP contribution < -0.4 is 158 Å². The summed E-state index contributed by atoms with van der Waals surface area (Å²) in [5.41, 5.74) is 8.79. The number of hydrogen-bond acceptors (Lipinski definition) is 36. The average Bonchev–Trinajstić information content (AvgIpc) is 3.27. The molecule has 4 aromatic carbocycles. The van der Waals surface area contributed by atoms with E-state index in [1.165, 1.54) is 0 Å². The van der Waals surface area contributed by atoms with Gasteiger partial charge in [0.15, 0.2) is 23.0 Å². The Hall–Kier alpha value is -2.76. The summed E-state index contributed by atoms with van der Waals surface area (Å²) >= 11 is 0. The molecule has 0 saturated heterocycles. The van der Waals surface area contributed by atoms with Crippen molar-refractivity contribution in [3.05, 3.63) is 68.8 Å². The fraction of sp³-hybridized carbons (Fsp3) is 0.125. The quantitative estimate of drug-likeness (QED) is 0.0253. The number of phenols is 4. The van der Waals surface area contributed by atoms with E-state index in [1.54, 1.807) is 0 Å². The number of fused-ring (bicyclic) bond motifs is 4. The first-order valence-corrected chi connectivity index (χ1v) is 30.4. The third-order valence-electron chi connectivity index (χ3n) is 9.49. The van der Waals surface area contributed by atoms with Crippen molar-refractivity contribution >= 4 is 104 Å². The molecule has 0 aliphatic heterocycles. The predicted molar refractivity (Wildman–Crippen MR) is 232 cm³/mol. The molecule has 0 spiro atoms. The minimum absolute atomic E-state index is 0. The van der Waals surface area contributed by atoms with Gasteiger partial charge in [0.05, 0.1) is 44.5 Å². The fourth-order valence-corrected chi connectivity index (χ4v) is 10.7. The van der Waals surface area contributed by atoms with E-state index in [-0.39, 0.29) is 142 Å². The van der Waals surface area contributed by atoms with Crippen molar-refractivity contribution < 1.29 is 260 Å². The van der Waals surface area contributed by atoms with Crippen molar-refractivity contribution in [1.82, 2.24) is 0 Å². The average molecular weight is 1330 g/mol. The first-order chi connectivity index (χ1) is 34.3. The van der Waals surface area contributed by atoms with Crippen LogP contribution in [-0.2, 0) is 80.9 Å². The summed E-state index contributed by atoms with van der Waals surface area (Å²) in [6.45, 7) is 0. The molecule has 0 atom stereocenters. The number of nitrogens with two attached hydrogens (primary N) is 4. The van der Waals surface area contributed by atoms with Crippen LogP contribution >= 0.6 is 0 Å². The smallest absolute Gasteiger partial charge is 0.744 e. The van der Waals surface area contributed by atoms with Crippen molar-refractivity contribution in [2.75, 3.05) is 23.5 Å². The van der Waals surface area contributed by atoms with Gasteiger partial charge in [-0.15, -0.1) is 0 Å². The maximum absolute atomic E-state index is 13.4. The molecule has 48 heteroatoms. The van der Waals surface area contributed by atoms with Gasteiger partial charge in [-0.3, -0.25) is 19.2 Å². The molecule has 0 radical (unpaired) electrons. The summed E-state index contributed by atoms with van der Waals surface area (Å²) in [5.74, 6) is -25.0. The Kier molecular flexibility index (Phi) is 24.3. The maximum atomic E-state index is 13.4. The van der Waals surface area contributed by atoms with Crippen molar-refractivity contribution in [1.29, 1.82) is 0 Å². The van der Waals surface area contributed by atoms with Crippen LogP contribution in [0.3, 0.4) is 0 Å². The van der Waals surface area contributed by atoms with Crippen molar-refractivity contribution in [2.45, 2.75) is 19.6 Å². The number of rotatable bonds is 16. The zero-order chi connectivity index (χ0) is 58.3. The molecule has 12 N–H and O–H groups in total. The van der Waals surface area contributed by atoms with Crippen LogP contribution in [0.1, 0.15) is 63.7 Å². The third kappa shape index (κ3) is 15.2. The number of phenolic OH excluding ortho intramolecular Hbond substituents is 4. The standard InChI is InChI=1S/2C16H14N2O16S4.4Na/c2*17-3-35(23,24)33-5-1-7(37(27,28)29)13(19)11-9(5)15(21)12-10(16(11)22)6(34-36(25,26)4-18)2-8(14(12)20)38(30,31)32;;;;/h2*1-2,19-20H,3-4,17-18H2,(H,27,28,29)(H,30,31,32);;;;/q;;4*+1/p-4. The van der Waals surface area contributed by atoms with Gasteiger partial charge >= 0.3 is 159 Å². The Balaban J connectivity index is 0.000000762. The molecule has 2 aliphatic rings. The summed E-state index contributed by atoms with van der Waals surface area (Å²) in [7, 11) is -42.4. The Labute approximate surface area is 538 Å². The Morgan fingerprint density at radius 1 is 0.312 bits per heavy atom. The molecular weight excluding hydrogens is 1300 g/mol. The molecule has 0 saturated carbocycles. The first-order valence-electron chi connectivity index (χ1n) is 18.4. The van der Waals surface area contributed by atoms with Gasteiger partial charge in [0.25, 0.3) is 0 Å². The zero-order valence-electron chi connectivity index (χ0n) is 39.9. The van der Waals surface area contributed by atoms with Crippen LogP contribution in [-0.4, -0.2) is 153 Å². The molecule has 2 aliphatic carbocycles. The summed E-state index contributed by atoms with van der Waals surface area (Å²) in [4.78, 5) is 46.8. The summed E-state index contributed by atoms with van der Waals surface area (Å²) in [6.07, 6.45) is 0. The molecule has 0 unspecified atom stereocenters. The minimum atomic E-state index is -5.73. The zero-order valence-corrected chi connectivity index (χ0v) is 54.5. The van der Waals surface area contributed by atoms with Crippen LogP contribution in [0, 0.1) is 0 Å². The largest absolute Gasteiger partial charge is 1.00 e. The molecule has 0 heterocycles. The van der Waals surface area contributed by atoms with Gasteiger partial charge in [-0.2, -0.15) is 33.7 Å². The van der Waals surface area contributed by atoms with Crippen molar-refractivity contribution in [2.24, 2.45) is 22.9 Å². The molecule has 0 fully saturated rings. The van der Waals surface area contributed by atoms with Crippen molar-refractivity contribution in [3.63, 3.8) is 0 Å². The second-order valence-corrected chi connectivity index (χ2v) is 26.1. The van der Waals surface area contributed by atoms with E-state index >= 15 is 0 Å². The normalized spacial score (nSPS) is 13.4. The molecular formula is C32H24N4Na4O32S8. The number of ketones is 4. The topological polar surface area (TPSA) is 656 Å². The second-order valence-electron chi connectivity index (χ2n) is 14.2. The fourth-order valence-electron chi connectivity index (χ4n) is 6.49. The Morgan fingerprint density at radius 2 is 0.450 bits per heavy atom. The molecule has 0 bridgehead atoms. The summed E-state index contributed by atoms with van der Waals surface area (Å²) in [5, 5.41) is 41.7. The van der Waals surface area contributed by atoms with Crippen LogP contribution in [0.4, 0.5) is 0 Å². The van der Waals surface area contributed by atoms with Gasteiger partial charge < -0.3 is 78.3 Å². The van der Waals surface area contributed by atoms with E-state index in [9.17, 15) is 125 Å². The van der Waals surface area contributed by atoms with E-state index < -0.39 is 238 Å². The van der Waals surface area contributed by atoms with Gasteiger partial charge in [0, 0.05) is 24.3 Å². The SMILES string of the molecule is NCS(=O)(=O)Oc1cc(S(=O)(=O)[O-])c(O)c2c1C(=O)c1c(O)c(S(=O)(=O)[O-])cc(OS(=O)(=O)CN)c1C2=O.NCS(=O)(=O)Oc1cc(S(=O)(=O)[O-])c(O)c2c1C(=O)c1c(O)c(S(=O)(=O)[O-])cc(OS(=O)(=O)CN)c1C2=O.[Na+].[Na+].[Na+].[Na+]. The molecule has 0 amide bonds. The molecule has 80 heavy (non-hydrogen) atoms. The number of carbonyl (C=O) groups is 4. The Morgan fingerprint density at radius 3 is 0.562 bits per heavy atom. The third-order valence-corrected chi connectivity index (χ3v) is 16.3. The van der Waals surface area contributed by atoms with Crippen LogP contribution in [0.2, 0.25) is 0 Å². The summed E-state index contributed by atoms with van der Waals surface area (Å²) in [6, 6.07) is 0.117. The molecule has 416 valence electrons. The minimum Gasteiger partial charge on any atom is -0.744 e. The van der Waals surface area contributed by atoms with Crippen LogP contribution in [0.15, 0.2) is 43.8 Å². The van der Waals surface area contributed by atoms with E-state index in [2.05, 4.69) is 16.7 Å². The first kappa shape index (κ1) is 75.3. The molecule has 0 aromatic heterocycles. The maximum Gasteiger partial charge on any atom is 1.00 e. The second kappa shape index (κ2) is 25.8. The predicted octanol–water partition coefficient (Wildman–Crippen LogP) is -18.1. The Bertz CT molecular complexity index is 3740. The van der Waals surface area contributed by atoms with Gasteiger partial charge in [-0.25, -0.2) is 33.7 Å². The van der Waals surface area contributed by atoms with Crippen LogP contribution in [0.5, 0.6) is 46.0 Å². The molecule has 4 aromatic rings. The van der Waals surface area contributed by atoms with Crippen molar-refractivity contribution in [3.8, 4) is 46.0 Å². The molecule has 6 rings (SSSR count). The van der Waals surface area contributed by atoms with E-state index in [0.717, 1.165) is 0 Å². The van der Waals surface area contributed by atoms with Gasteiger partial charge in [-0.1, -0.05) is 0 Å². The van der Waals surface area contributed by atoms with Gasteiger partial charge in [0.1, 0.15) is 107 Å². The van der Waals surface area contributed by atoms with E-state index in [1.807, 2.05) is 0 Å². The monoisotopic (exact) mass is 1320 g/mol. The number of benzene rings is 4. The van der Waals surface area contributed by atoms with E-state index in [0.29, 0.717) is 0 Å². The summed E-state index contributed by atoms with van der Waals surface area (Å²) < 4.78 is 253. The van der Waals surface area contributed by atoms with Crippen LogP contribution in [0.25, 0.3) is 0 Å². The number of carbonyl (C=O) groups excluding carboxylic acids is 4. The number of aromatic hydroxyl groups is 4. The molecule has 36 nitrogen and oxygen atoms in total. The van der Waals surface area contributed by atoms with Gasteiger partial charge in [0.2, 0.25) is 23.1 Å².